The van der Waals surface area contributed by atoms with Crippen molar-refractivity contribution in [2.75, 3.05) is 0 Å². The smallest absolute Gasteiger partial charge is 0.167 e. The second-order valence-electron chi connectivity index (χ2n) is 7.97. The van der Waals surface area contributed by atoms with E-state index < -0.39 is 0 Å². The Morgan fingerprint density at radius 2 is 1.57 bits per heavy atom. The van der Waals surface area contributed by atoms with E-state index in [4.69, 9.17) is 9.47 Å². The zero-order chi connectivity index (χ0) is 21.5. The van der Waals surface area contributed by atoms with Crippen LogP contribution in [0.4, 0.5) is 0 Å². The molecular formula is C26H29NO3. The van der Waals surface area contributed by atoms with E-state index in [0.29, 0.717) is 36.0 Å². The normalized spacial score (nSPS) is 11.0. The van der Waals surface area contributed by atoms with Gasteiger partial charge in [-0.1, -0.05) is 38.1 Å². The Hall–Kier alpha value is -3.14. The van der Waals surface area contributed by atoms with Crippen molar-refractivity contribution in [3.63, 3.8) is 0 Å². The Bertz CT molecular complexity index is 963. The van der Waals surface area contributed by atoms with Gasteiger partial charge in [0.05, 0.1) is 6.10 Å². The molecule has 0 saturated heterocycles. The van der Waals surface area contributed by atoms with Gasteiger partial charge in [-0.15, -0.1) is 0 Å². The lowest BCUT2D eigenvalue weighted by atomic mass is 10.0. The second kappa shape index (κ2) is 10.1. The second-order valence-corrected chi connectivity index (χ2v) is 7.97. The topological polar surface area (TPSA) is 48.4 Å². The summed E-state index contributed by atoms with van der Waals surface area (Å²) in [5.41, 5.74) is 3.94. The Kier molecular flexibility index (Phi) is 7.23. The first-order valence-electron chi connectivity index (χ1n) is 10.4. The van der Waals surface area contributed by atoms with Crippen LogP contribution < -0.4 is 9.47 Å². The molecule has 2 aromatic carbocycles. The highest BCUT2D eigenvalue weighted by Gasteiger charge is 2.14. The molecule has 0 atom stereocenters. The van der Waals surface area contributed by atoms with Crippen LogP contribution >= 0.6 is 0 Å². The molecule has 0 fully saturated rings. The van der Waals surface area contributed by atoms with Gasteiger partial charge in [0.2, 0.25) is 0 Å². The summed E-state index contributed by atoms with van der Waals surface area (Å²) < 4.78 is 12.0. The van der Waals surface area contributed by atoms with E-state index in [1.165, 1.54) is 5.56 Å². The lowest BCUT2D eigenvalue weighted by Gasteiger charge is -2.16. The predicted molar refractivity (Wildman–Crippen MR) is 119 cm³/mol. The molecule has 0 aliphatic rings. The lowest BCUT2D eigenvalue weighted by Crippen LogP contribution is -2.10. The number of hydrogen-bond acceptors (Lipinski definition) is 4. The molecule has 1 heterocycles. The summed E-state index contributed by atoms with van der Waals surface area (Å²) in [6, 6.07) is 17.5. The molecule has 0 amide bonds. The van der Waals surface area contributed by atoms with Gasteiger partial charge in [0.1, 0.15) is 6.61 Å². The fourth-order valence-corrected chi connectivity index (χ4v) is 3.09. The number of pyridine rings is 1. The zero-order valence-corrected chi connectivity index (χ0v) is 18.1. The Morgan fingerprint density at radius 3 is 2.20 bits per heavy atom. The summed E-state index contributed by atoms with van der Waals surface area (Å²) in [5.74, 6) is 1.76. The molecular weight excluding hydrogens is 374 g/mol. The SMILES string of the molecule is CC(C)Oc1cc(C(=O)Cc2ccncc2)ccc1OCc1ccc(C(C)C)cc1. The molecule has 0 radical (unpaired) electrons. The maximum absolute atomic E-state index is 12.7. The van der Waals surface area contributed by atoms with Crippen molar-refractivity contribution in [3.8, 4) is 11.5 Å². The summed E-state index contributed by atoms with van der Waals surface area (Å²) >= 11 is 0. The first kappa shape index (κ1) is 21.6. The van der Waals surface area contributed by atoms with Gasteiger partial charge < -0.3 is 9.47 Å². The van der Waals surface area contributed by atoms with E-state index in [9.17, 15) is 4.79 Å². The first-order chi connectivity index (χ1) is 14.4. The van der Waals surface area contributed by atoms with Gasteiger partial charge in [-0.05, 0) is 66.8 Å². The molecule has 0 spiro atoms. The van der Waals surface area contributed by atoms with Crippen LogP contribution in [0, 0.1) is 0 Å². The highest BCUT2D eigenvalue weighted by atomic mass is 16.5. The van der Waals surface area contributed by atoms with Gasteiger partial charge in [-0.25, -0.2) is 0 Å². The molecule has 156 valence electrons. The molecule has 0 N–H and O–H groups in total. The van der Waals surface area contributed by atoms with Crippen molar-refractivity contribution in [1.82, 2.24) is 4.98 Å². The van der Waals surface area contributed by atoms with Gasteiger partial charge in [0, 0.05) is 24.4 Å². The van der Waals surface area contributed by atoms with Gasteiger partial charge in [-0.2, -0.15) is 0 Å². The van der Waals surface area contributed by atoms with E-state index in [-0.39, 0.29) is 11.9 Å². The minimum atomic E-state index is -0.0248. The molecule has 0 aliphatic carbocycles. The van der Waals surface area contributed by atoms with Crippen molar-refractivity contribution in [2.45, 2.75) is 52.7 Å². The van der Waals surface area contributed by atoms with E-state index in [0.717, 1.165) is 11.1 Å². The van der Waals surface area contributed by atoms with Crippen LogP contribution in [-0.4, -0.2) is 16.9 Å². The molecule has 1 aromatic heterocycles. The average molecular weight is 404 g/mol. The third kappa shape index (κ3) is 5.93. The number of rotatable bonds is 9. The predicted octanol–water partition coefficient (Wildman–Crippen LogP) is 6.00. The van der Waals surface area contributed by atoms with Crippen LogP contribution in [0.3, 0.4) is 0 Å². The third-order valence-corrected chi connectivity index (χ3v) is 4.78. The number of ether oxygens (including phenoxy) is 2. The Morgan fingerprint density at radius 1 is 0.867 bits per heavy atom. The number of nitrogens with zero attached hydrogens (tertiary/aromatic N) is 1. The van der Waals surface area contributed by atoms with Crippen molar-refractivity contribution < 1.29 is 14.3 Å². The van der Waals surface area contributed by atoms with E-state index in [1.54, 1.807) is 24.5 Å². The molecule has 4 nitrogen and oxygen atoms in total. The van der Waals surface area contributed by atoms with Crippen molar-refractivity contribution in [2.24, 2.45) is 0 Å². The number of Topliss-reactive ketones (excluding diaryl/α,β-unsaturated/α-hetero) is 1. The molecule has 4 heteroatoms. The summed E-state index contributed by atoms with van der Waals surface area (Å²) in [4.78, 5) is 16.7. The molecule has 0 bridgehead atoms. The highest BCUT2D eigenvalue weighted by molar-refractivity contribution is 5.98. The zero-order valence-electron chi connectivity index (χ0n) is 18.1. The minimum Gasteiger partial charge on any atom is -0.487 e. The van der Waals surface area contributed by atoms with Gasteiger partial charge >= 0.3 is 0 Å². The van der Waals surface area contributed by atoms with Gasteiger partial charge in [0.15, 0.2) is 17.3 Å². The van der Waals surface area contributed by atoms with Crippen molar-refractivity contribution in [1.29, 1.82) is 0 Å². The van der Waals surface area contributed by atoms with Crippen LogP contribution in [0.1, 0.15) is 60.7 Å². The fourth-order valence-electron chi connectivity index (χ4n) is 3.09. The van der Waals surface area contributed by atoms with Gasteiger partial charge in [-0.3, -0.25) is 9.78 Å². The largest absolute Gasteiger partial charge is 0.487 e. The Balaban J connectivity index is 1.74. The summed E-state index contributed by atoms with van der Waals surface area (Å²) in [6.45, 7) is 8.72. The van der Waals surface area contributed by atoms with Crippen LogP contribution in [0.15, 0.2) is 67.0 Å². The fraction of sp³-hybridized carbons (Fsp3) is 0.308. The van der Waals surface area contributed by atoms with Crippen LogP contribution in [0.2, 0.25) is 0 Å². The summed E-state index contributed by atoms with van der Waals surface area (Å²) in [5, 5.41) is 0. The number of aromatic nitrogens is 1. The maximum Gasteiger partial charge on any atom is 0.167 e. The Labute approximate surface area is 178 Å². The summed E-state index contributed by atoms with van der Waals surface area (Å²) in [7, 11) is 0. The standard InChI is InChI=1S/C26H29NO3/c1-18(2)22-7-5-21(6-8-22)17-29-25-10-9-23(16-26(25)30-19(3)4)24(28)15-20-11-13-27-14-12-20/h5-14,16,18-19H,15,17H2,1-4H3. The average Bonchev–Trinajstić information content (AvgIpc) is 2.73. The lowest BCUT2D eigenvalue weighted by molar-refractivity contribution is 0.0992. The van der Waals surface area contributed by atoms with Crippen molar-refractivity contribution >= 4 is 5.78 Å². The maximum atomic E-state index is 12.7. The summed E-state index contributed by atoms with van der Waals surface area (Å²) in [6.07, 6.45) is 3.69. The molecule has 3 rings (SSSR count). The monoisotopic (exact) mass is 403 g/mol. The number of hydrogen-bond donors (Lipinski definition) is 0. The minimum absolute atomic E-state index is 0.0248. The van der Waals surface area contributed by atoms with E-state index in [2.05, 4.69) is 43.1 Å². The van der Waals surface area contributed by atoms with Gasteiger partial charge in [0.25, 0.3) is 0 Å². The molecule has 3 aromatic rings. The quantitative estimate of drug-likeness (QED) is 0.411. The molecule has 30 heavy (non-hydrogen) atoms. The number of ketones is 1. The van der Waals surface area contributed by atoms with Crippen LogP contribution in [0.25, 0.3) is 0 Å². The van der Waals surface area contributed by atoms with Crippen LogP contribution in [0.5, 0.6) is 11.5 Å². The van der Waals surface area contributed by atoms with Crippen molar-refractivity contribution in [3.05, 3.63) is 89.2 Å². The van der Waals surface area contributed by atoms with Crippen LogP contribution in [-0.2, 0) is 13.0 Å². The first-order valence-corrected chi connectivity index (χ1v) is 10.4. The third-order valence-electron chi connectivity index (χ3n) is 4.78. The molecule has 0 aliphatic heterocycles. The number of carbonyl (C=O) groups is 1. The molecule has 0 saturated carbocycles. The van der Waals surface area contributed by atoms with E-state index >= 15 is 0 Å². The molecule has 0 unspecified atom stereocenters. The number of carbonyl (C=O) groups excluding carboxylic acids is 1. The number of benzene rings is 2. The highest BCUT2D eigenvalue weighted by Crippen LogP contribution is 2.31. The van der Waals surface area contributed by atoms with E-state index in [1.807, 2.05) is 32.0 Å².